The summed E-state index contributed by atoms with van der Waals surface area (Å²) in [7, 11) is 0. The largest absolute Gasteiger partial charge is 0.493 e. The Morgan fingerprint density at radius 3 is 2.94 bits per heavy atom. The van der Waals surface area contributed by atoms with E-state index in [0.29, 0.717) is 22.9 Å². The van der Waals surface area contributed by atoms with Gasteiger partial charge in [0.2, 0.25) is 0 Å². The number of rotatable bonds is 2. The van der Waals surface area contributed by atoms with Crippen molar-refractivity contribution in [3.63, 3.8) is 0 Å². The lowest BCUT2D eigenvalue weighted by Crippen LogP contribution is -2.32. The van der Waals surface area contributed by atoms with Gasteiger partial charge in [0.15, 0.2) is 0 Å². The van der Waals surface area contributed by atoms with Gasteiger partial charge in [-0.2, -0.15) is 0 Å². The van der Waals surface area contributed by atoms with E-state index in [2.05, 4.69) is 35.1 Å². The van der Waals surface area contributed by atoms with Gasteiger partial charge < -0.3 is 10.1 Å². The standard InChI is InChI=1S/C12H15BrFNO/c1-7(2)15-11-3-4-16-12-6-10(14)9(13)5-8(11)12/h5-7,11,15H,3-4H2,1-2H3. The highest BCUT2D eigenvalue weighted by molar-refractivity contribution is 9.10. The zero-order valence-corrected chi connectivity index (χ0v) is 11.0. The van der Waals surface area contributed by atoms with Crippen LogP contribution < -0.4 is 10.1 Å². The molecule has 0 bridgehead atoms. The Hall–Kier alpha value is -0.610. The molecule has 1 unspecified atom stereocenters. The summed E-state index contributed by atoms with van der Waals surface area (Å²) in [4.78, 5) is 0. The maximum Gasteiger partial charge on any atom is 0.141 e. The van der Waals surface area contributed by atoms with E-state index in [1.54, 1.807) is 0 Å². The highest BCUT2D eigenvalue weighted by atomic mass is 79.9. The summed E-state index contributed by atoms with van der Waals surface area (Å²) in [6, 6.07) is 3.91. The first-order valence-electron chi connectivity index (χ1n) is 5.45. The fourth-order valence-electron chi connectivity index (χ4n) is 1.96. The summed E-state index contributed by atoms with van der Waals surface area (Å²) in [5.74, 6) is 0.383. The van der Waals surface area contributed by atoms with Crippen molar-refractivity contribution in [2.75, 3.05) is 6.61 Å². The minimum atomic E-state index is -0.274. The van der Waals surface area contributed by atoms with Crippen LogP contribution in [0.4, 0.5) is 4.39 Å². The third-order valence-corrected chi connectivity index (χ3v) is 3.23. The molecule has 1 aromatic carbocycles. The van der Waals surface area contributed by atoms with Crippen molar-refractivity contribution >= 4 is 15.9 Å². The molecule has 4 heteroatoms. The number of halogens is 2. The van der Waals surface area contributed by atoms with Crippen LogP contribution >= 0.6 is 15.9 Å². The monoisotopic (exact) mass is 287 g/mol. The predicted molar refractivity (Wildman–Crippen MR) is 65.2 cm³/mol. The summed E-state index contributed by atoms with van der Waals surface area (Å²) in [6.07, 6.45) is 0.920. The van der Waals surface area contributed by atoms with Gasteiger partial charge in [0.25, 0.3) is 0 Å². The molecule has 1 aliphatic rings. The average Bonchev–Trinajstić information content (AvgIpc) is 2.20. The van der Waals surface area contributed by atoms with E-state index in [9.17, 15) is 4.39 Å². The van der Waals surface area contributed by atoms with Crippen LogP contribution in [0, 0.1) is 5.82 Å². The molecule has 0 spiro atoms. The van der Waals surface area contributed by atoms with Crippen LogP contribution in [0.2, 0.25) is 0 Å². The van der Waals surface area contributed by atoms with Crippen LogP contribution in [-0.4, -0.2) is 12.6 Å². The number of fused-ring (bicyclic) bond motifs is 1. The molecule has 0 aromatic heterocycles. The van der Waals surface area contributed by atoms with Gasteiger partial charge in [-0.05, 0) is 22.0 Å². The predicted octanol–water partition coefficient (Wildman–Crippen LogP) is 3.41. The van der Waals surface area contributed by atoms with Crippen LogP contribution in [0.3, 0.4) is 0 Å². The van der Waals surface area contributed by atoms with E-state index in [4.69, 9.17) is 4.74 Å². The van der Waals surface area contributed by atoms with Crippen molar-refractivity contribution in [3.05, 3.63) is 28.0 Å². The summed E-state index contributed by atoms with van der Waals surface area (Å²) < 4.78 is 19.3. The molecule has 0 aliphatic carbocycles. The van der Waals surface area contributed by atoms with Crippen LogP contribution in [0.5, 0.6) is 5.75 Å². The van der Waals surface area contributed by atoms with E-state index >= 15 is 0 Å². The number of ether oxygens (including phenoxy) is 1. The maximum absolute atomic E-state index is 13.3. The number of nitrogens with one attached hydrogen (secondary N) is 1. The molecule has 0 fully saturated rings. The first-order chi connectivity index (χ1) is 7.58. The Morgan fingerprint density at radius 2 is 2.25 bits per heavy atom. The Balaban J connectivity index is 2.34. The Bertz CT molecular complexity index is 395. The summed E-state index contributed by atoms with van der Waals surface area (Å²) >= 11 is 3.21. The van der Waals surface area contributed by atoms with Crippen molar-refractivity contribution in [3.8, 4) is 5.75 Å². The molecule has 2 rings (SSSR count). The van der Waals surface area contributed by atoms with Gasteiger partial charge in [-0.1, -0.05) is 13.8 Å². The third kappa shape index (κ3) is 2.38. The van der Waals surface area contributed by atoms with Gasteiger partial charge >= 0.3 is 0 Å². The molecule has 1 N–H and O–H groups in total. The van der Waals surface area contributed by atoms with Gasteiger partial charge in [0, 0.05) is 30.1 Å². The molecular weight excluding hydrogens is 273 g/mol. The molecule has 1 aromatic rings. The minimum Gasteiger partial charge on any atom is -0.493 e. The van der Waals surface area contributed by atoms with Crippen molar-refractivity contribution in [2.45, 2.75) is 32.4 Å². The number of hydrogen-bond acceptors (Lipinski definition) is 2. The second-order valence-corrected chi connectivity index (χ2v) is 5.17. The maximum atomic E-state index is 13.3. The zero-order valence-electron chi connectivity index (χ0n) is 9.39. The molecule has 2 nitrogen and oxygen atoms in total. The lowest BCUT2D eigenvalue weighted by atomic mass is 10.00. The van der Waals surface area contributed by atoms with Crippen molar-refractivity contribution in [2.24, 2.45) is 0 Å². The topological polar surface area (TPSA) is 21.3 Å². The molecule has 1 aliphatic heterocycles. The molecule has 0 saturated heterocycles. The number of hydrogen-bond donors (Lipinski definition) is 1. The third-order valence-electron chi connectivity index (χ3n) is 2.63. The zero-order chi connectivity index (χ0) is 11.7. The van der Waals surface area contributed by atoms with Crippen LogP contribution in [0.25, 0.3) is 0 Å². The number of benzene rings is 1. The van der Waals surface area contributed by atoms with Crippen LogP contribution in [-0.2, 0) is 0 Å². The Kier molecular flexibility index (Phi) is 3.50. The highest BCUT2D eigenvalue weighted by Gasteiger charge is 2.23. The van der Waals surface area contributed by atoms with Gasteiger partial charge in [-0.25, -0.2) is 4.39 Å². The quantitative estimate of drug-likeness (QED) is 0.900. The Labute approximate surface area is 103 Å². The summed E-state index contributed by atoms with van der Waals surface area (Å²) in [5, 5.41) is 3.46. The molecule has 1 atom stereocenters. The first-order valence-corrected chi connectivity index (χ1v) is 6.25. The van der Waals surface area contributed by atoms with Crippen molar-refractivity contribution in [1.29, 1.82) is 0 Å². The van der Waals surface area contributed by atoms with Gasteiger partial charge in [0.1, 0.15) is 11.6 Å². The normalized spacial score (nSPS) is 19.4. The molecule has 16 heavy (non-hydrogen) atoms. The molecular formula is C12H15BrFNO. The molecule has 1 heterocycles. The molecule has 0 amide bonds. The molecule has 0 radical (unpaired) electrons. The molecule has 0 saturated carbocycles. The second-order valence-electron chi connectivity index (χ2n) is 4.32. The van der Waals surface area contributed by atoms with E-state index < -0.39 is 0 Å². The van der Waals surface area contributed by atoms with Crippen molar-refractivity contribution in [1.82, 2.24) is 5.32 Å². The lowest BCUT2D eigenvalue weighted by Gasteiger charge is -2.28. The van der Waals surface area contributed by atoms with Gasteiger partial charge in [0.05, 0.1) is 11.1 Å². The fourth-order valence-corrected chi connectivity index (χ4v) is 2.32. The minimum absolute atomic E-state index is 0.251. The smallest absolute Gasteiger partial charge is 0.141 e. The van der Waals surface area contributed by atoms with E-state index in [-0.39, 0.29) is 11.9 Å². The molecule has 88 valence electrons. The average molecular weight is 288 g/mol. The first kappa shape index (κ1) is 11.9. The van der Waals surface area contributed by atoms with Crippen LogP contribution in [0.15, 0.2) is 16.6 Å². The summed E-state index contributed by atoms with van der Waals surface area (Å²) in [5.41, 5.74) is 1.04. The van der Waals surface area contributed by atoms with E-state index in [1.165, 1.54) is 6.07 Å². The van der Waals surface area contributed by atoms with Gasteiger partial charge in [-0.3, -0.25) is 0 Å². The van der Waals surface area contributed by atoms with Crippen LogP contribution in [0.1, 0.15) is 31.9 Å². The Morgan fingerprint density at radius 1 is 1.50 bits per heavy atom. The summed E-state index contributed by atoms with van der Waals surface area (Å²) in [6.45, 7) is 4.85. The van der Waals surface area contributed by atoms with Crippen molar-refractivity contribution < 1.29 is 9.13 Å². The SMILES string of the molecule is CC(C)NC1CCOc2cc(F)c(Br)cc21. The van der Waals surface area contributed by atoms with Gasteiger partial charge in [-0.15, -0.1) is 0 Å². The van der Waals surface area contributed by atoms with E-state index in [0.717, 1.165) is 12.0 Å². The highest BCUT2D eigenvalue weighted by Crippen LogP contribution is 2.35. The lowest BCUT2D eigenvalue weighted by molar-refractivity contribution is 0.246. The fraction of sp³-hybridized carbons (Fsp3) is 0.500. The second kappa shape index (κ2) is 4.72. The van der Waals surface area contributed by atoms with E-state index in [1.807, 2.05) is 6.07 Å².